The molecule has 1 aromatic heterocycles. The predicted molar refractivity (Wildman–Crippen MR) is 44.4 cm³/mol. The van der Waals surface area contributed by atoms with Gasteiger partial charge in [-0.15, -0.1) is 0 Å². The van der Waals surface area contributed by atoms with E-state index in [9.17, 15) is 0 Å². The Balaban J connectivity index is 2.37. The van der Waals surface area contributed by atoms with Crippen molar-refractivity contribution in [2.75, 3.05) is 0 Å². The lowest BCUT2D eigenvalue weighted by Gasteiger charge is -2.17. The van der Waals surface area contributed by atoms with Crippen LogP contribution in [0.5, 0.6) is 0 Å². The van der Waals surface area contributed by atoms with E-state index in [0.29, 0.717) is 0 Å². The van der Waals surface area contributed by atoms with Crippen molar-refractivity contribution in [1.82, 2.24) is 9.55 Å². The van der Waals surface area contributed by atoms with Gasteiger partial charge < -0.3 is 4.57 Å². The second-order valence-corrected chi connectivity index (χ2v) is 3.60. The summed E-state index contributed by atoms with van der Waals surface area (Å²) in [6, 6.07) is 0. The average molecular weight is 150 g/mol. The van der Waals surface area contributed by atoms with E-state index in [1.54, 1.807) is 0 Å². The van der Waals surface area contributed by atoms with Gasteiger partial charge in [-0.2, -0.15) is 0 Å². The monoisotopic (exact) mass is 150 g/mol. The molecule has 0 spiro atoms. The number of aryl methyl sites for hydroxylation is 2. The molecule has 1 atom stereocenters. The maximum absolute atomic E-state index is 4.35. The summed E-state index contributed by atoms with van der Waals surface area (Å²) in [6.07, 6.45) is 5.63. The van der Waals surface area contributed by atoms with Gasteiger partial charge in [0.05, 0.1) is 12.0 Å². The highest BCUT2D eigenvalue weighted by molar-refractivity contribution is 5.16. The summed E-state index contributed by atoms with van der Waals surface area (Å²) in [4.78, 5) is 4.35. The second kappa shape index (κ2) is 2.36. The van der Waals surface area contributed by atoms with Crippen molar-refractivity contribution in [3.05, 3.63) is 17.7 Å². The molecule has 0 radical (unpaired) electrons. The minimum Gasteiger partial charge on any atom is -0.337 e. The fourth-order valence-corrected chi connectivity index (χ4v) is 1.79. The van der Waals surface area contributed by atoms with Crippen molar-refractivity contribution in [3.63, 3.8) is 0 Å². The topological polar surface area (TPSA) is 17.8 Å². The lowest BCUT2D eigenvalue weighted by Crippen LogP contribution is -2.13. The van der Waals surface area contributed by atoms with Crippen LogP contribution >= 0.6 is 0 Å². The Morgan fingerprint density at radius 2 is 2.45 bits per heavy atom. The van der Waals surface area contributed by atoms with Crippen LogP contribution in [-0.2, 0) is 19.9 Å². The molecule has 0 saturated heterocycles. The van der Waals surface area contributed by atoms with Crippen LogP contribution in [-0.4, -0.2) is 9.55 Å². The summed E-state index contributed by atoms with van der Waals surface area (Å²) in [5.41, 5.74) is 2.77. The lowest BCUT2D eigenvalue weighted by atomic mass is 9.91. The minimum atomic E-state index is 0.845. The first-order chi connectivity index (χ1) is 5.27. The first-order valence-corrected chi connectivity index (χ1v) is 4.26. The molecule has 0 aliphatic heterocycles. The molecule has 0 fully saturated rings. The highest BCUT2D eigenvalue weighted by Gasteiger charge is 2.18. The van der Waals surface area contributed by atoms with E-state index in [1.165, 1.54) is 30.7 Å². The number of imidazole rings is 1. The zero-order valence-electron chi connectivity index (χ0n) is 7.17. The van der Waals surface area contributed by atoms with Gasteiger partial charge in [0.25, 0.3) is 0 Å². The summed E-state index contributed by atoms with van der Waals surface area (Å²) in [5, 5.41) is 0. The van der Waals surface area contributed by atoms with Crippen LogP contribution in [0.25, 0.3) is 0 Å². The Labute approximate surface area is 67.3 Å². The number of nitrogens with zero attached hydrogens (tertiary/aromatic N) is 2. The van der Waals surface area contributed by atoms with Crippen LogP contribution in [0.3, 0.4) is 0 Å². The fourth-order valence-electron chi connectivity index (χ4n) is 1.79. The van der Waals surface area contributed by atoms with Crippen molar-refractivity contribution in [2.45, 2.75) is 26.2 Å². The van der Waals surface area contributed by atoms with Gasteiger partial charge in [0.2, 0.25) is 0 Å². The summed E-state index contributed by atoms with van der Waals surface area (Å²) in [6.45, 7) is 2.32. The summed E-state index contributed by atoms with van der Waals surface area (Å²) in [5.74, 6) is 0.845. The minimum absolute atomic E-state index is 0.845. The molecule has 2 heteroatoms. The Hall–Kier alpha value is -0.790. The first kappa shape index (κ1) is 6.89. The molecule has 0 unspecified atom stereocenters. The molecule has 0 amide bonds. The van der Waals surface area contributed by atoms with Gasteiger partial charge in [-0.1, -0.05) is 6.92 Å². The largest absolute Gasteiger partial charge is 0.337 e. The Kier molecular flexibility index (Phi) is 1.48. The maximum atomic E-state index is 4.35. The standard InChI is InChI=1S/C9H14N2/c1-7-3-4-8-9(5-7)11(2)6-10-8/h6-7H,3-5H2,1-2H3/t7-/m1/s1. The van der Waals surface area contributed by atoms with Crippen LogP contribution in [0, 0.1) is 5.92 Å². The van der Waals surface area contributed by atoms with E-state index >= 15 is 0 Å². The third-order valence-electron chi connectivity index (χ3n) is 2.56. The fraction of sp³-hybridized carbons (Fsp3) is 0.667. The molecule has 60 valence electrons. The van der Waals surface area contributed by atoms with Gasteiger partial charge in [0.15, 0.2) is 0 Å². The molecule has 0 bridgehead atoms. The number of hydrogen-bond acceptors (Lipinski definition) is 1. The van der Waals surface area contributed by atoms with Crippen LogP contribution in [0.1, 0.15) is 24.7 Å². The van der Waals surface area contributed by atoms with Gasteiger partial charge >= 0.3 is 0 Å². The molecule has 1 heterocycles. The number of hydrogen-bond donors (Lipinski definition) is 0. The summed E-state index contributed by atoms with van der Waals surface area (Å²) >= 11 is 0. The average Bonchev–Trinajstić information content (AvgIpc) is 2.33. The molecule has 0 aromatic carbocycles. The van der Waals surface area contributed by atoms with Gasteiger partial charge in [0, 0.05) is 12.7 Å². The van der Waals surface area contributed by atoms with E-state index in [0.717, 1.165) is 5.92 Å². The normalized spacial score (nSPS) is 23.3. The van der Waals surface area contributed by atoms with E-state index in [1.807, 2.05) is 6.33 Å². The quantitative estimate of drug-likeness (QED) is 0.548. The van der Waals surface area contributed by atoms with Gasteiger partial charge in [-0.25, -0.2) is 4.98 Å². The van der Waals surface area contributed by atoms with Gasteiger partial charge in [-0.3, -0.25) is 0 Å². The molecule has 1 aromatic rings. The van der Waals surface area contributed by atoms with E-state index in [-0.39, 0.29) is 0 Å². The van der Waals surface area contributed by atoms with Crippen LogP contribution in [0.2, 0.25) is 0 Å². The highest BCUT2D eigenvalue weighted by Crippen LogP contribution is 2.23. The van der Waals surface area contributed by atoms with Crippen molar-refractivity contribution in [2.24, 2.45) is 13.0 Å². The maximum Gasteiger partial charge on any atom is 0.0949 e. The van der Waals surface area contributed by atoms with Crippen molar-refractivity contribution in [3.8, 4) is 0 Å². The number of aromatic nitrogens is 2. The molecule has 1 aliphatic carbocycles. The molecular weight excluding hydrogens is 136 g/mol. The van der Waals surface area contributed by atoms with E-state index in [4.69, 9.17) is 0 Å². The summed E-state index contributed by atoms with van der Waals surface area (Å²) in [7, 11) is 2.09. The molecule has 2 nitrogen and oxygen atoms in total. The third-order valence-corrected chi connectivity index (χ3v) is 2.56. The predicted octanol–water partition coefficient (Wildman–Crippen LogP) is 1.54. The Morgan fingerprint density at radius 3 is 3.27 bits per heavy atom. The van der Waals surface area contributed by atoms with Crippen LogP contribution < -0.4 is 0 Å². The van der Waals surface area contributed by atoms with E-state index < -0.39 is 0 Å². The Morgan fingerprint density at radius 1 is 1.64 bits per heavy atom. The zero-order valence-corrected chi connectivity index (χ0v) is 7.17. The highest BCUT2D eigenvalue weighted by atomic mass is 15.0. The SMILES string of the molecule is C[C@@H]1CCc2ncn(C)c2C1. The first-order valence-electron chi connectivity index (χ1n) is 4.26. The number of rotatable bonds is 0. The molecule has 11 heavy (non-hydrogen) atoms. The Bertz CT molecular complexity index is 263. The lowest BCUT2D eigenvalue weighted by molar-refractivity contribution is 0.482. The molecule has 0 saturated carbocycles. The van der Waals surface area contributed by atoms with Crippen molar-refractivity contribution < 1.29 is 0 Å². The molecular formula is C9H14N2. The van der Waals surface area contributed by atoms with Crippen LogP contribution in [0.4, 0.5) is 0 Å². The molecule has 0 N–H and O–H groups in total. The zero-order chi connectivity index (χ0) is 7.84. The van der Waals surface area contributed by atoms with E-state index in [2.05, 4.69) is 23.5 Å². The smallest absolute Gasteiger partial charge is 0.0949 e. The van der Waals surface area contributed by atoms with Crippen LogP contribution in [0.15, 0.2) is 6.33 Å². The second-order valence-electron chi connectivity index (χ2n) is 3.60. The molecule has 1 aliphatic rings. The van der Waals surface area contributed by atoms with Crippen molar-refractivity contribution in [1.29, 1.82) is 0 Å². The van der Waals surface area contributed by atoms with Crippen molar-refractivity contribution >= 4 is 0 Å². The van der Waals surface area contributed by atoms with Gasteiger partial charge in [0.1, 0.15) is 0 Å². The summed E-state index contributed by atoms with van der Waals surface area (Å²) < 4.78 is 2.16. The van der Waals surface area contributed by atoms with Gasteiger partial charge in [-0.05, 0) is 25.2 Å². The third kappa shape index (κ3) is 1.06. The number of fused-ring (bicyclic) bond motifs is 1. The molecule has 2 rings (SSSR count).